The number of hydrogen-bond acceptors (Lipinski definition) is 3. The molecule has 0 spiro atoms. The third kappa shape index (κ3) is 2.52. The van der Waals surface area contributed by atoms with Crippen LogP contribution in [-0.4, -0.2) is 12.6 Å². The quantitative estimate of drug-likeness (QED) is 0.758. The highest BCUT2D eigenvalue weighted by Crippen LogP contribution is 2.27. The summed E-state index contributed by atoms with van der Waals surface area (Å²) in [4.78, 5) is 0. The summed E-state index contributed by atoms with van der Waals surface area (Å²) in [5.41, 5.74) is 12.3. The van der Waals surface area contributed by atoms with Gasteiger partial charge in [-0.25, -0.2) is 9.82 Å². The molecule has 1 aromatic rings. The van der Waals surface area contributed by atoms with E-state index in [1.165, 1.54) is 6.07 Å². The maximum Gasteiger partial charge on any atom is 0.128 e. The average molecular weight is 244 g/mol. The molecule has 16 heavy (non-hydrogen) atoms. The zero-order chi connectivity index (χ0) is 11.5. The Labute approximate surface area is 99.1 Å². The summed E-state index contributed by atoms with van der Waals surface area (Å²) >= 11 is 5.86. The van der Waals surface area contributed by atoms with Gasteiger partial charge in [-0.2, -0.15) is 0 Å². The molecule has 1 saturated heterocycles. The maximum absolute atomic E-state index is 13.6. The molecule has 2 unspecified atom stereocenters. The van der Waals surface area contributed by atoms with Crippen molar-refractivity contribution in [1.29, 1.82) is 0 Å². The van der Waals surface area contributed by atoms with E-state index in [-0.39, 0.29) is 11.9 Å². The molecule has 0 amide bonds. The summed E-state index contributed by atoms with van der Waals surface area (Å²) in [5, 5.41) is 0.556. The molecule has 1 aliphatic rings. The number of halogens is 2. The Balaban J connectivity index is 2.11. The van der Waals surface area contributed by atoms with Gasteiger partial charge in [-0.1, -0.05) is 11.6 Å². The van der Waals surface area contributed by atoms with E-state index in [1.54, 1.807) is 12.1 Å². The zero-order valence-corrected chi connectivity index (χ0v) is 9.60. The Hall–Kier alpha value is -0.680. The van der Waals surface area contributed by atoms with E-state index in [4.69, 9.17) is 17.3 Å². The normalized spacial score (nSPS) is 24.9. The monoisotopic (exact) mass is 243 g/mol. The van der Waals surface area contributed by atoms with E-state index in [1.807, 2.05) is 0 Å². The SMILES string of the molecule is NCCC1CC(c2cc(Cl)ccc2F)NN1. The molecule has 1 fully saturated rings. The number of hydrogen-bond donors (Lipinski definition) is 3. The van der Waals surface area contributed by atoms with Gasteiger partial charge in [-0.05, 0) is 37.6 Å². The summed E-state index contributed by atoms with van der Waals surface area (Å²) in [6.07, 6.45) is 1.71. The van der Waals surface area contributed by atoms with Gasteiger partial charge in [0.1, 0.15) is 5.82 Å². The minimum Gasteiger partial charge on any atom is -0.330 e. The number of rotatable bonds is 3. The van der Waals surface area contributed by atoms with Gasteiger partial charge in [-0.3, -0.25) is 5.43 Å². The highest BCUT2D eigenvalue weighted by molar-refractivity contribution is 6.30. The van der Waals surface area contributed by atoms with Gasteiger partial charge in [0.05, 0.1) is 6.04 Å². The van der Waals surface area contributed by atoms with Crippen LogP contribution in [0.15, 0.2) is 18.2 Å². The molecule has 0 bridgehead atoms. The number of hydrazine groups is 1. The van der Waals surface area contributed by atoms with E-state index in [2.05, 4.69) is 10.9 Å². The van der Waals surface area contributed by atoms with Crippen molar-refractivity contribution in [2.75, 3.05) is 6.54 Å². The lowest BCUT2D eigenvalue weighted by Crippen LogP contribution is -2.32. The lowest BCUT2D eigenvalue weighted by molar-refractivity contribution is 0.514. The molecule has 1 aromatic carbocycles. The Morgan fingerprint density at radius 2 is 2.25 bits per heavy atom. The predicted octanol–water partition coefficient (Wildman–Crippen LogP) is 1.74. The first-order chi connectivity index (χ1) is 7.70. The number of nitrogens with two attached hydrogens (primary N) is 1. The highest BCUT2D eigenvalue weighted by Gasteiger charge is 2.26. The molecule has 1 heterocycles. The minimum absolute atomic E-state index is 0.0322. The third-order valence-corrected chi connectivity index (χ3v) is 3.07. The Bertz CT molecular complexity index is 372. The summed E-state index contributed by atoms with van der Waals surface area (Å²) in [6, 6.07) is 4.89. The van der Waals surface area contributed by atoms with Crippen molar-refractivity contribution in [3.05, 3.63) is 34.6 Å². The summed E-state index contributed by atoms with van der Waals surface area (Å²) in [5.74, 6) is -0.225. The highest BCUT2D eigenvalue weighted by atomic mass is 35.5. The third-order valence-electron chi connectivity index (χ3n) is 2.83. The van der Waals surface area contributed by atoms with Crippen molar-refractivity contribution in [3.63, 3.8) is 0 Å². The molecule has 5 heteroatoms. The molecular formula is C11H15ClFN3. The zero-order valence-electron chi connectivity index (χ0n) is 8.84. The molecular weight excluding hydrogens is 229 g/mol. The Kier molecular flexibility index (Phi) is 3.76. The second kappa shape index (κ2) is 5.10. The molecule has 88 valence electrons. The summed E-state index contributed by atoms with van der Waals surface area (Å²) < 4.78 is 13.6. The van der Waals surface area contributed by atoms with E-state index < -0.39 is 0 Å². The van der Waals surface area contributed by atoms with Crippen LogP contribution in [0.25, 0.3) is 0 Å². The van der Waals surface area contributed by atoms with Crippen LogP contribution in [-0.2, 0) is 0 Å². The summed E-state index contributed by atoms with van der Waals surface area (Å²) in [6.45, 7) is 0.629. The Morgan fingerprint density at radius 3 is 3.00 bits per heavy atom. The molecule has 0 aromatic heterocycles. The molecule has 3 nitrogen and oxygen atoms in total. The standard InChI is InChI=1S/C11H15ClFN3/c12-7-1-2-10(13)9(5-7)11-6-8(3-4-14)15-16-11/h1-2,5,8,11,15-16H,3-4,6,14H2. The van der Waals surface area contributed by atoms with Crippen molar-refractivity contribution in [1.82, 2.24) is 10.9 Å². The molecule has 0 radical (unpaired) electrons. The van der Waals surface area contributed by atoms with Gasteiger partial charge in [0.25, 0.3) is 0 Å². The molecule has 1 aliphatic heterocycles. The lowest BCUT2D eigenvalue weighted by Gasteiger charge is -2.11. The predicted molar refractivity (Wildman–Crippen MR) is 62.5 cm³/mol. The van der Waals surface area contributed by atoms with Crippen LogP contribution in [0.2, 0.25) is 5.02 Å². The van der Waals surface area contributed by atoms with Crippen molar-refractivity contribution in [3.8, 4) is 0 Å². The average Bonchev–Trinajstić information content (AvgIpc) is 2.71. The first-order valence-electron chi connectivity index (χ1n) is 5.37. The van der Waals surface area contributed by atoms with E-state index in [0.717, 1.165) is 12.8 Å². The second-order valence-corrected chi connectivity index (χ2v) is 4.45. The van der Waals surface area contributed by atoms with Gasteiger partial charge in [0.2, 0.25) is 0 Å². The first-order valence-corrected chi connectivity index (χ1v) is 5.74. The van der Waals surface area contributed by atoms with Crippen molar-refractivity contribution < 1.29 is 4.39 Å². The van der Waals surface area contributed by atoms with Crippen molar-refractivity contribution in [2.24, 2.45) is 5.73 Å². The molecule has 2 rings (SSSR count). The molecule has 0 aliphatic carbocycles. The van der Waals surface area contributed by atoms with Gasteiger partial charge in [0.15, 0.2) is 0 Å². The smallest absolute Gasteiger partial charge is 0.128 e. The fourth-order valence-electron chi connectivity index (χ4n) is 2.00. The van der Waals surface area contributed by atoms with Crippen LogP contribution >= 0.6 is 11.6 Å². The maximum atomic E-state index is 13.6. The minimum atomic E-state index is -0.225. The van der Waals surface area contributed by atoms with Gasteiger partial charge >= 0.3 is 0 Å². The molecule has 0 saturated carbocycles. The van der Waals surface area contributed by atoms with E-state index >= 15 is 0 Å². The fourth-order valence-corrected chi connectivity index (χ4v) is 2.18. The number of nitrogens with one attached hydrogen (secondary N) is 2. The topological polar surface area (TPSA) is 50.1 Å². The van der Waals surface area contributed by atoms with Gasteiger partial charge < -0.3 is 5.73 Å². The first kappa shape index (κ1) is 11.8. The van der Waals surface area contributed by atoms with Crippen LogP contribution in [0.3, 0.4) is 0 Å². The van der Waals surface area contributed by atoms with Gasteiger partial charge in [-0.15, -0.1) is 0 Å². The van der Waals surface area contributed by atoms with Crippen LogP contribution in [0.1, 0.15) is 24.4 Å². The largest absolute Gasteiger partial charge is 0.330 e. The van der Waals surface area contributed by atoms with E-state index in [0.29, 0.717) is 23.2 Å². The van der Waals surface area contributed by atoms with Crippen LogP contribution in [0, 0.1) is 5.82 Å². The molecule has 2 atom stereocenters. The lowest BCUT2D eigenvalue weighted by atomic mass is 10.0. The van der Waals surface area contributed by atoms with E-state index in [9.17, 15) is 4.39 Å². The molecule has 4 N–H and O–H groups in total. The van der Waals surface area contributed by atoms with Crippen LogP contribution < -0.4 is 16.6 Å². The summed E-state index contributed by atoms with van der Waals surface area (Å²) in [7, 11) is 0. The second-order valence-electron chi connectivity index (χ2n) is 4.02. The van der Waals surface area contributed by atoms with Crippen molar-refractivity contribution >= 4 is 11.6 Å². The fraction of sp³-hybridized carbons (Fsp3) is 0.455. The number of benzene rings is 1. The van der Waals surface area contributed by atoms with Gasteiger partial charge in [0, 0.05) is 16.6 Å². The van der Waals surface area contributed by atoms with Crippen molar-refractivity contribution in [2.45, 2.75) is 24.9 Å². The Morgan fingerprint density at radius 1 is 1.44 bits per heavy atom. The van der Waals surface area contributed by atoms with Crippen LogP contribution in [0.4, 0.5) is 4.39 Å². The van der Waals surface area contributed by atoms with Crippen LogP contribution in [0.5, 0.6) is 0 Å².